The maximum Gasteiger partial charge on any atom is 0.251 e. The van der Waals surface area contributed by atoms with Gasteiger partial charge in [0, 0.05) is 30.9 Å². The first kappa shape index (κ1) is 25.9. The quantitative estimate of drug-likeness (QED) is 0.214. The molecule has 30 heavy (non-hydrogen) atoms. The Kier molecular flexibility index (Phi) is 14.3. The Hall–Kier alpha value is -2.16. The highest BCUT2D eigenvalue weighted by Crippen LogP contribution is 2.09. The van der Waals surface area contributed by atoms with Crippen molar-refractivity contribution in [1.82, 2.24) is 10.8 Å². The molecule has 2 amide bonds. The van der Waals surface area contributed by atoms with Gasteiger partial charge in [0.15, 0.2) is 0 Å². The first-order chi connectivity index (χ1) is 14.6. The molecule has 0 saturated heterocycles. The summed E-state index contributed by atoms with van der Waals surface area (Å²) < 4.78 is 5.39. The van der Waals surface area contributed by atoms with Crippen LogP contribution in [-0.2, 0) is 14.4 Å². The molecule has 1 atom stereocenters. The average Bonchev–Trinajstić information content (AvgIpc) is 2.75. The van der Waals surface area contributed by atoms with Crippen LogP contribution in [0.2, 0.25) is 0 Å². The molecule has 0 aliphatic carbocycles. The van der Waals surface area contributed by atoms with Gasteiger partial charge in [-0.2, -0.15) is 5.48 Å². The highest BCUT2D eigenvalue weighted by molar-refractivity contribution is 5.94. The van der Waals surface area contributed by atoms with E-state index in [0.29, 0.717) is 38.3 Å². The van der Waals surface area contributed by atoms with Gasteiger partial charge in [0.1, 0.15) is 6.04 Å². The fourth-order valence-corrected chi connectivity index (χ4v) is 2.65. The molecule has 1 aromatic rings. The standard InChI is InChI=1S/C22H38N4O4/c1-3-5-15-29-16-17-30-26-20(21(23)27)8-6-7-14-25-22(28)18-9-11-19(12-10-18)24-13-4-2/h9-12,20,24,26H,3-8,13-17H2,1-2H3,(H2,23,27)(H,25,28)/t20-/m0/s1. The minimum absolute atomic E-state index is 0.104. The Balaban J connectivity index is 2.17. The van der Waals surface area contributed by atoms with Gasteiger partial charge in [0.25, 0.3) is 5.91 Å². The van der Waals surface area contributed by atoms with Crippen molar-refractivity contribution in [1.29, 1.82) is 0 Å². The van der Waals surface area contributed by atoms with Gasteiger partial charge in [-0.1, -0.05) is 20.3 Å². The van der Waals surface area contributed by atoms with E-state index in [1.165, 1.54) is 0 Å². The molecule has 0 heterocycles. The predicted octanol–water partition coefficient (Wildman–Crippen LogP) is 2.60. The topological polar surface area (TPSA) is 115 Å². The monoisotopic (exact) mass is 422 g/mol. The summed E-state index contributed by atoms with van der Waals surface area (Å²) in [6.45, 7) is 7.19. The van der Waals surface area contributed by atoms with E-state index < -0.39 is 11.9 Å². The van der Waals surface area contributed by atoms with E-state index in [1.54, 1.807) is 0 Å². The molecule has 170 valence electrons. The summed E-state index contributed by atoms with van der Waals surface area (Å²) in [5.41, 5.74) is 9.75. The Morgan fingerprint density at radius 3 is 2.40 bits per heavy atom. The molecule has 0 unspecified atom stereocenters. The molecule has 0 fully saturated rings. The fraction of sp³-hybridized carbons (Fsp3) is 0.636. The second kappa shape index (κ2) is 16.6. The number of anilines is 1. The van der Waals surface area contributed by atoms with E-state index >= 15 is 0 Å². The zero-order chi connectivity index (χ0) is 22.0. The number of hydrogen-bond donors (Lipinski definition) is 4. The SMILES string of the molecule is CCCCOCCON[C@@H](CCCCNC(=O)c1ccc(NCCC)cc1)C(N)=O. The minimum atomic E-state index is -0.556. The number of unbranched alkanes of at least 4 members (excludes halogenated alkanes) is 2. The van der Waals surface area contributed by atoms with Crippen molar-refractivity contribution in [2.75, 3.05) is 38.2 Å². The Labute approximate surface area is 180 Å². The van der Waals surface area contributed by atoms with Crippen molar-refractivity contribution < 1.29 is 19.2 Å². The van der Waals surface area contributed by atoms with Crippen LogP contribution in [0.25, 0.3) is 0 Å². The van der Waals surface area contributed by atoms with Crippen LogP contribution < -0.4 is 21.8 Å². The van der Waals surface area contributed by atoms with Crippen LogP contribution in [0.15, 0.2) is 24.3 Å². The molecule has 8 nitrogen and oxygen atoms in total. The highest BCUT2D eigenvalue weighted by Gasteiger charge is 2.14. The van der Waals surface area contributed by atoms with E-state index in [1.807, 2.05) is 24.3 Å². The number of rotatable bonds is 18. The number of benzene rings is 1. The van der Waals surface area contributed by atoms with E-state index in [0.717, 1.165) is 44.3 Å². The van der Waals surface area contributed by atoms with Crippen LogP contribution >= 0.6 is 0 Å². The van der Waals surface area contributed by atoms with Crippen molar-refractivity contribution in [2.45, 2.75) is 58.4 Å². The number of hydrogen-bond acceptors (Lipinski definition) is 6. The van der Waals surface area contributed by atoms with Crippen molar-refractivity contribution in [3.8, 4) is 0 Å². The van der Waals surface area contributed by atoms with Gasteiger partial charge >= 0.3 is 0 Å². The molecule has 5 N–H and O–H groups in total. The number of nitrogens with two attached hydrogens (primary N) is 1. The van der Waals surface area contributed by atoms with Crippen molar-refractivity contribution >= 4 is 17.5 Å². The van der Waals surface area contributed by atoms with Gasteiger partial charge in [0.2, 0.25) is 5.91 Å². The van der Waals surface area contributed by atoms with Crippen LogP contribution in [0, 0.1) is 0 Å². The van der Waals surface area contributed by atoms with Crippen LogP contribution in [0.1, 0.15) is 62.7 Å². The third kappa shape index (κ3) is 11.7. The molecular formula is C22H38N4O4. The maximum atomic E-state index is 12.2. The van der Waals surface area contributed by atoms with Gasteiger partial charge in [-0.3, -0.25) is 14.4 Å². The molecule has 0 bridgehead atoms. The van der Waals surface area contributed by atoms with Crippen molar-refractivity contribution in [3.63, 3.8) is 0 Å². The first-order valence-corrected chi connectivity index (χ1v) is 10.9. The lowest BCUT2D eigenvalue weighted by atomic mass is 10.1. The summed E-state index contributed by atoms with van der Waals surface area (Å²) >= 11 is 0. The number of nitrogens with one attached hydrogen (secondary N) is 3. The summed E-state index contributed by atoms with van der Waals surface area (Å²) in [7, 11) is 0. The van der Waals surface area contributed by atoms with Gasteiger partial charge in [-0.15, -0.1) is 0 Å². The lowest BCUT2D eigenvalue weighted by Gasteiger charge is -2.15. The average molecular weight is 423 g/mol. The number of amides is 2. The normalized spacial score (nSPS) is 11.8. The molecule has 0 radical (unpaired) electrons. The second-order valence-corrected chi connectivity index (χ2v) is 7.14. The largest absolute Gasteiger partial charge is 0.385 e. The van der Waals surface area contributed by atoms with Crippen molar-refractivity contribution in [3.05, 3.63) is 29.8 Å². The van der Waals surface area contributed by atoms with E-state index in [-0.39, 0.29) is 5.91 Å². The van der Waals surface area contributed by atoms with Crippen LogP contribution in [0.5, 0.6) is 0 Å². The third-order valence-corrected chi connectivity index (χ3v) is 4.47. The Morgan fingerprint density at radius 2 is 1.73 bits per heavy atom. The number of ether oxygens (including phenoxy) is 1. The van der Waals surface area contributed by atoms with Gasteiger partial charge in [-0.05, 0) is 56.4 Å². The summed E-state index contributed by atoms with van der Waals surface area (Å²) in [6, 6.07) is 6.87. The molecule has 1 rings (SSSR count). The molecule has 0 aromatic heterocycles. The van der Waals surface area contributed by atoms with Crippen LogP contribution in [-0.4, -0.2) is 50.8 Å². The molecular weight excluding hydrogens is 384 g/mol. The Morgan fingerprint density at radius 1 is 0.967 bits per heavy atom. The summed E-state index contributed by atoms with van der Waals surface area (Å²) in [5.74, 6) is -0.560. The lowest BCUT2D eigenvalue weighted by Crippen LogP contribution is -2.41. The third-order valence-electron chi connectivity index (χ3n) is 4.47. The number of carbonyl (C=O) groups excluding carboxylic acids is 2. The molecule has 0 saturated carbocycles. The summed E-state index contributed by atoms with van der Waals surface area (Å²) in [5, 5.41) is 6.17. The van der Waals surface area contributed by atoms with Gasteiger partial charge in [-0.25, -0.2) is 0 Å². The molecule has 0 spiro atoms. The zero-order valence-corrected chi connectivity index (χ0v) is 18.4. The van der Waals surface area contributed by atoms with Crippen LogP contribution in [0.3, 0.4) is 0 Å². The zero-order valence-electron chi connectivity index (χ0n) is 18.4. The van der Waals surface area contributed by atoms with E-state index in [4.69, 9.17) is 15.3 Å². The first-order valence-electron chi connectivity index (χ1n) is 10.9. The van der Waals surface area contributed by atoms with E-state index in [2.05, 4.69) is 30.0 Å². The second-order valence-electron chi connectivity index (χ2n) is 7.14. The van der Waals surface area contributed by atoms with E-state index in [9.17, 15) is 9.59 Å². The number of primary amides is 1. The molecule has 0 aliphatic heterocycles. The molecule has 8 heteroatoms. The summed E-state index contributed by atoms with van der Waals surface area (Å²) in [6.07, 6.45) is 5.18. The predicted molar refractivity (Wildman–Crippen MR) is 119 cm³/mol. The highest BCUT2D eigenvalue weighted by atomic mass is 16.7. The van der Waals surface area contributed by atoms with Crippen molar-refractivity contribution in [2.24, 2.45) is 5.73 Å². The van der Waals surface area contributed by atoms with Gasteiger partial charge < -0.3 is 21.1 Å². The summed E-state index contributed by atoms with van der Waals surface area (Å²) in [4.78, 5) is 29.0. The maximum absolute atomic E-state index is 12.2. The lowest BCUT2D eigenvalue weighted by molar-refractivity contribution is -0.125. The number of carbonyl (C=O) groups is 2. The fourth-order valence-electron chi connectivity index (χ4n) is 2.65. The molecule has 0 aliphatic rings. The number of hydroxylamine groups is 1. The molecule has 1 aromatic carbocycles. The van der Waals surface area contributed by atoms with Gasteiger partial charge in [0.05, 0.1) is 13.2 Å². The smallest absolute Gasteiger partial charge is 0.251 e. The Bertz CT molecular complexity index is 595. The van der Waals surface area contributed by atoms with Crippen LogP contribution in [0.4, 0.5) is 5.69 Å². The minimum Gasteiger partial charge on any atom is -0.385 e.